The van der Waals surface area contributed by atoms with Gasteiger partial charge in [0.2, 0.25) is 17.7 Å². The number of rotatable bonds is 5. The molecule has 0 aliphatic carbocycles. The Morgan fingerprint density at radius 3 is 2.59 bits per heavy atom. The minimum Gasteiger partial charge on any atom is -0.367 e. The van der Waals surface area contributed by atoms with Crippen molar-refractivity contribution in [3.05, 3.63) is 60.1 Å². The molecule has 3 fully saturated rings. The Labute approximate surface area is 252 Å². The van der Waals surface area contributed by atoms with Crippen LogP contribution in [0, 0.1) is 24.6 Å². The topological polar surface area (TPSA) is 80.3 Å². The maximum Gasteiger partial charge on any atom is 0.416 e. The first kappa shape index (κ1) is 30.0. The van der Waals surface area contributed by atoms with Gasteiger partial charge in [-0.05, 0) is 56.1 Å². The number of benzene rings is 1. The molecule has 4 aliphatic heterocycles. The predicted octanol–water partition coefficient (Wildman–Crippen LogP) is 3.47. The summed E-state index contributed by atoms with van der Waals surface area (Å²) in [6.45, 7) is 8.44. The Morgan fingerprint density at radius 2 is 1.89 bits per heavy atom. The quantitative estimate of drug-likeness (QED) is 0.379. The summed E-state index contributed by atoms with van der Waals surface area (Å²) in [6, 6.07) is 5.33. The van der Waals surface area contributed by atoms with Gasteiger partial charge in [-0.1, -0.05) is 12.6 Å². The molecule has 13 heteroatoms. The molecule has 1 aromatic carbocycles. The number of aromatic nitrogens is 1. The van der Waals surface area contributed by atoms with E-state index in [-0.39, 0.29) is 48.0 Å². The molecule has 0 bridgehead atoms. The van der Waals surface area contributed by atoms with E-state index in [1.807, 2.05) is 4.90 Å². The largest absolute Gasteiger partial charge is 0.416 e. The van der Waals surface area contributed by atoms with Gasteiger partial charge in [-0.25, -0.2) is 9.37 Å². The second-order valence-electron chi connectivity index (χ2n) is 12.2. The number of amides is 3. The van der Waals surface area contributed by atoms with Gasteiger partial charge in [0.15, 0.2) is 0 Å². The Kier molecular flexibility index (Phi) is 7.63. The summed E-state index contributed by atoms with van der Waals surface area (Å²) in [5.74, 6) is -2.28. The number of hydrogen-bond acceptors (Lipinski definition) is 6. The van der Waals surface area contributed by atoms with Gasteiger partial charge < -0.3 is 14.7 Å². The molecule has 2 aromatic rings. The highest BCUT2D eigenvalue weighted by atomic mass is 19.4. The second-order valence-corrected chi connectivity index (χ2v) is 12.2. The number of para-hydroxylation sites is 1. The average molecular weight is 615 g/mol. The number of halogens is 4. The number of anilines is 3. The molecule has 5 heterocycles. The van der Waals surface area contributed by atoms with Gasteiger partial charge >= 0.3 is 6.18 Å². The van der Waals surface area contributed by atoms with Crippen molar-refractivity contribution >= 4 is 34.9 Å². The zero-order valence-corrected chi connectivity index (χ0v) is 24.6. The van der Waals surface area contributed by atoms with Gasteiger partial charge in [0.05, 0.1) is 16.9 Å². The van der Waals surface area contributed by atoms with Gasteiger partial charge in [0, 0.05) is 63.8 Å². The molecule has 3 atom stereocenters. The van der Waals surface area contributed by atoms with E-state index in [0.717, 1.165) is 36.5 Å². The molecule has 4 aliphatic rings. The van der Waals surface area contributed by atoms with Gasteiger partial charge in [0.25, 0.3) is 0 Å². The molecule has 0 unspecified atom stereocenters. The van der Waals surface area contributed by atoms with E-state index in [9.17, 15) is 27.6 Å². The van der Waals surface area contributed by atoms with Gasteiger partial charge in [0.1, 0.15) is 17.7 Å². The Bertz CT molecular complexity index is 1510. The number of pyridine rings is 1. The van der Waals surface area contributed by atoms with E-state index in [4.69, 9.17) is 0 Å². The number of nitrogens with zero attached hydrogens (tertiary/aromatic N) is 6. The first-order valence-corrected chi connectivity index (χ1v) is 14.7. The van der Waals surface area contributed by atoms with E-state index >= 15 is 4.39 Å². The summed E-state index contributed by atoms with van der Waals surface area (Å²) in [7, 11) is 1.50. The van der Waals surface area contributed by atoms with Crippen LogP contribution in [-0.4, -0.2) is 90.9 Å². The molecule has 0 saturated carbocycles. The first-order valence-electron chi connectivity index (χ1n) is 14.7. The highest BCUT2D eigenvalue weighted by Crippen LogP contribution is 2.42. The lowest BCUT2D eigenvalue weighted by atomic mass is 9.94. The maximum atomic E-state index is 15.6. The van der Waals surface area contributed by atoms with Crippen LogP contribution < -0.4 is 14.7 Å². The van der Waals surface area contributed by atoms with Gasteiger partial charge in [-0.15, -0.1) is 0 Å². The highest BCUT2D eigenvalue weighted by Gasteiger charge is 2.50. The summed E-state index contributed by atoms with van der Waals surface area (Å²) >= 11 is 0. The fourth-order valence-corrected chi connectivity index (χ4v) is 7.08. The molecule has 0 N–H and O–H groups in total. The molecular weight excluding hydrogens is 580 g/mol. The van der Waals surface area contributed by atoms with Crippen LogP contribution in [0.5, 0.6) is 0 Å². The Hall–Kier alpha value is -4.00. The number of likely N-dealkylation sites (tertiary alicyclic amines) is 2. The standard InChI is InChI=1S/C31H34F4N6O3/c1-4-26(42)39-16-22(17-39)38-9-8-19(13-38)14-40-15-20-11-27(43)41(25-12-21(31(33,34)35)10-18(2)36-25)28(20)30(44)37(3)24-7-5-6-23(32)29(24)40/h4-7,10,12,19-20,22,28H,1,8-9,11,13-17H2,2-3H3/t19-,20-,28+/m1/s1. The number of aryl methyl sites for hydroxylation is 1. The summed E-state index contributed by atoms with van der Waals surface area (Å²) in [6.07, 6.45) is -2.58. The van der Waals surface area contributed by atoms with Crippen molar-refractivity contribution in [3.63, 3.8) is 0 Å². The summed E-state index contributed by atoms with van der Waals surface area (Å²) in [5, 5.41) is 0. The van der Waals surface area contributed by atoms with Crippen LogP contribution >= 0.6 is 0 Å². The smallest absolute Gasteiger partial charge is 0.367 e. The van der Waals surface area contributed by atoms with Crippen molar-refractivity contribution in [1.29, 1.82) is 0 Å². The monoisotopic (exact) mass is 614 g/mol. The lowest BCUT2D eigenvalue weighted by molar-refractivity contribution is -0.137. The van der Waals surface area contributed by atoms with E-state index in [2.05, 4.69) is 16.5 Å². The summed E-state index contributed by atoms with van der Waals surface area (Å²) < 4.78 is 56.6. The van der Waals surface area contributed by atoms with E-state index < -0.39 is 41.3 Å². The van der Waals surface area contributed by atoms with Crippen molar-refractivity contribution in [2.45, 2.75) is 38.0 Å². The van der Waals surface area contributed by atoms with Crippen molar-refractivity contribution in [2.75, 3.05) is 61.0 Å². The number of hydrogen-bond donors (Lipinski definition) is 0. The number of fused-ring (bicyclic) bond motifs is 2. The predicted molar refractivity (Wildman–Crippen MR) is 156 cm³/mol. The van der Waals surface area contributed by atoms with Crippen LogP contribution in [0.4, 0.5) is 34.8 Å². The summed E-state index contributed by atoms with van der Waals surface area (Å²) in [4.78, 5) is 51.9. The van der Waals surface area contributed by atoms with Crippen molar-refractivity contribution in [2.24, 2.45) is 11.8 Å². The third-order valence-electron chi connectivity index (χ3n) is 9.29. The molecule has 44 heavy (non-hydrogen) atoms. The molecule has 9 nitrogen and oxygen atoms in total. The zero-order chi connectivity index (χ0) is 31.5. The van der Waals surface area contributed by atoms with Crippen molar-refractivity contribution in [3.8, 4) is 0 Å². The third kappa shape index (κ3) is 5.31. The number of likely N-dealkylation sites (N-methyl/N-ethyl adjacent to an activating group) is 1. The van der Waals surface area contributed by atoms with E-state index in [0.29, 0.717) is 25.3 Å². The molecule has 0 radical (unpaired) electrons. The molecule has 3 amide bonds. The normalized spacial score (nSPS) is 24.6. The zero-order valence-electron chi connectivity index (χ0n) is 24.6. The van der Waals surface area contributed by atoms with Gasteiger partial charge in [-0.3, -0.25) is 24.2 Å². The molecule has 234 valence electrons. The van der Waals surface area contributed by atoms with Gasteiger partial charge in [-0.2, -0.15) is 13.2 Å². The number of carbonyl (C=O) groups excluding carboxylic acids is 3. The first-order chi connectivity index (χ1) is 20.8. The Balaban J connectivity index is 1.29. The summed E-state index contributed by atoms with van der Waals surface area (Å²) in [5.41, 5.74) is -0.286. The third-order valence-corrected chi connectivity index (χ3v) is 9.29. The molecule has 0 spiro atoms. The van der Waals surface area contributed by atoms with E-state index in [1.54, 1.807) is 11.0 Å². The lowest BCUT2D eigenvalue weighted by Crippen LogP contribution is -2.60. The van der Waals surface area contributed by atoms with Crippen LogP contribution in [-0.2, 0) is 20.6 Å². The van der Waals surface area contributed by atoms with Crippen LogP contribution in [0.25, 0.3) is 0 Å². The Morgan fingerprint density at radius 1 is 1.14 bits per heavy atom. The fourth-order valence-electron chi connectivity index (χ4n) is 7.08. The SMILES string of the molecule is C=CC(=O)N1CC(N2CC[C@@H](CN3C[C@H]4CC(=O)N(c5cc(C(F)(F)F)cc(C)n5)[C@@H]4C(=O)N(C)c4cccc(F)c43)C2)C1. The number of alkyl halides is 3. The minimum atomic E-state index is -4.66. The van der Waals surface area contributed by atoms with Crippen molar-refractivity contribution in [1.82, 2.24) is 14.8 Å². The molecular formula is C31H34F4N6O3. The second kappa shape index (κ2) is 11.2. The average Bonchev–Trinajstić information content (AvgIpc) is 3.52. The minimum absolute atomic E-state index is 0.0704. The maximum absolute atomic E-state index is 15.6. The molecule has 6 rings (SSSR count). The van der Waals surface area contributed by atoms with Crippen LogP contribution in [0.3, 0.4) is 0 Å². The highest BCUT2D eigenvalue weighted by molar-refractivity contribution is 6.10. The van der Waals surface area contributed by atoms with Crippen LogP contribution in [0.15, 0.2) is 43.0 Å². The van der Waals surface area contributed by atoms with Crippen molar-refractivity contribution < 1.29 is 31.9 Å². The lowest BCUT2D eigenvalue weighted by Gasteiger charge is -2.44. The van der Waals surface area contributed by atoms with Crippen LogP contribution in [0.2, 0.25) is 0 Å². The number of carbonyl (C=O) groups is 3. The fraction of sp³-hybridized carbons (Fsp3) is 0.484. The molecule has 1 aromatic heterocycles. The van der Waals surface area contributed by atoms with Crippen LogP contribution in [0.1, 0.15) is 24.1 Å². The van der Waals surface area contributed by atoms with E-state index in [1.165, 1.54) is 37.1 Å². The molecule has 3 saturated heterocycles.